The molecule has 0 fully saturated rings. The molecule has 0 saturated heterocycles. The van der Waals surface area contributed by atoms with E-state index in [9.17, 15) is 19.1 Å². The minimum Gasteiger partial charge on any atom is -0.506 e. The van der Waals surface area contributed by atoms with Gasteiger partial charge in [-0.05, 0) is 6.07 Å². The van der Waals surface area contributed by atoms with Gasteiger partial charge in [-0.25, -0.2) is 4.39 Å². The zero-order valence-corrected chi connectivity index (χ0v) is 7.37. The van der Waals surface area contributed by atoms with Crippen LogP contribution in [0.3, 0.4) is 0 Å². The number of phenols is 1. The lowest BCUT2D eigenvalue weighted by Gasteiger charge is -2.05. The zero-order chi connectivity index (χ0) is 10.7. The van der Waals surface area contributed by atoms with Gasteiger partial charge in [-0.3, -0.25) is 9.59 Å². The quantitative estimate of drug-likeness (QED) is 0.554. The van der Waals surface area contributed by atoms with Crippen LogP contribution in [0.15, 0.2) is 12.1 Å². The van der Waals surface area contributed by atoms with Gasteiger partial charge in [0.2, 0.25) is 5.91 Å². The Morgan fingerprint density at radius 3 is 2.71 bits per heavy atom. The highest BCUT2D eigenvalue weighted by Crippen LogP contribution is 2.25. The molecule has 0 spiro atoms. The van der Waals surface area contributed by atoms with Gasteiger partial charge in [-0.1, -0.05) is 0 Å². The van der Waals surface area contributed by atoms with Crippen LogP contribution in [0.1, 0.15) is 17.3 Å². The third-order valence-corrected chi connectivity index (χ3v) is 1.55. The molecule has 0 heterocycles. The van der Waals surface area contributed by atoms with Gasteiger partial charge in [0.05, 0.1) is 11.3 Å². The molecule has 14 heavy (non-hydrogen) atoms. The Hall–Kier alpha value is -1.91. The van der Waals surface area contributed by atoms with Gasteiger partial charge in [0.1, 0.15) is 11.6 Å². The number of halogens is 1. The summed E-state index contributed by atoms with van der Waals surface area (Å²) >= 11 is 0. The molecular formula is C9H8FNO3. The molecule has 0 radical (unpaired) electrons. The Bertz CT molecular complexity index is 390. The minimum atomic E-state index is -0.827. The summed E-state index contributed by atoms with van der Waals surface area (Å²) in [5.74, 6) is -1.65. The molecule has 0 unspecified atom stereocenters. The van der Waals surface area contributed by atoms with Gasteiger partial charge >= 0.3 is 0 Å². The Morgan fingerprint density at radius 1 is 1.57 bits per heavy atom. The topological polar surface area (TPSA) is 66.4 Å². The largest absolute Gasteiger partial charge is 0.506 e. The van der Waals surface area contributed by atoms with Crippen molar-refractivity contribution in [2.45, 2.75) is 6.92 Å². The third-order valence-electron chi connectivity index (χ3n) is 1.55. The van der Waals surface area contributed by atoms with E-state index >= 15 is 0 Å². The number of anilines is 1. The van der Waals surface area contributed by atoms with E-state index in [1.54, 1.807) is 0 Å². The molecule has 2 N–H and O–H groups in total. The lowest BCUT2D eigenvalue weighted by Crippen LogP contribution is -2.06. The predicted octanol–water partition coefficient (Wildman–Crippen LogP) is 1.30. The number of hydrogen-bond donors (Lipinski definition) is 2. The number of carbonyl (C=O) groups is 2. The van der Waals surface area contributed by atoms with Crippen LogP contribution in [0.4, 0.5) is 10.1 Å². The maximum absolute atomic E-state index is 12.9. The van der Waals surface area contributed by atoms with Gasteiger partial charge in [0.25, 0.3) is 0 Å². The van der Waals surface area contributed by atoms with E-state index in [1.807, 2.05) is 0 Å². The van der Waals surface area contributed by atoms with Crippen molar-refractivity contribution in [2.75, 3.05) is 5.32 Å². The highest BCUT2D eigenvalue weighted by Gasteiger charge is 2.09. The average Bonchev–Trinajstić information content (AvgIpc) is 2.09. The van der Waals surface area contributed by atoms with E-state index in [0.717, 1.165) is 12.1 Å². The standard InChI is InChI=1S/C9H8FNO3/c1-5(13)11-8-2-6(4-12)7(10)3-9(8)14/h2-4,14H,1H3,(H,11,13). The molecule has 0 aliphatic heterocycles. The van der Waals surface area contributed by atoms with Gasteiger partial charge < -0.3 is 10.4 Å². The van der Waals surface area contributed by atoms with Crippen molar-refractivity contribution in [1.82, 2.24) is 0 Å². The normalized spacial score (nSPS) is 9.57. The first-order valence-electron chi connectivity index (χ1n) is 3.80. The molecule has 0 aliphatic carbocycles. The lowest BCUT2D eigenvalue weighted by molar-refractivity contribution is -0.114. The number of phenolic OH excluding ortho intramolecular Hbond substituents is 1. The Labute approximate surface area is 79.4 Å². The second-order valence-corrected chi connectivity index (χ2v) is 2.69. The summed E-state index contributed by atoms with van der Waals surface area (Å²) in [6.07, 6.45) is 0.306. The summed E-state index contributed by atoms with van der Waals surface area (Å²) in [6, 6.07) is 1.84. The number of nitrogens with one attached hydrogen (secondary N) is 1. The Kier molecular flexibility index (Phi) is 2.81. The Balaban J connectivity index is 3.16. The van der Waals surface area contributed by atoms with Crippen LogP contribution >= 0.6 is 0 Å². The number of carbonyl (C=O) groups excluding carboxylic acids is 2. The van der Waals surface area contributed by atoms with Crippen LogP contribution < -0.4 is 5.32 Å². The molecule has 74 valence electrons. The van der Waals surface area contributed by atoms with Gasteiger partial charge in [0.15, 0.2) is 6.29 Å². The number of amides is 1. The average molecular weight is 197 g/mol. The highest BCUT2D eigenvalue weighted by molar-refractivity contribution is 5.91. The molecule has 0 saturated carbocycles. The molecule has 1 rings (SSSR count). The van der Waals surface area contributed by atoms with Gasteiger partial charge in [-0.2, -0.15) is 0 Å². The fourth-order valence-corrected chi connectivity index (χ4v) is 0.960. The second-order valence-electron chi connectivity index (χ2n) is 2.69. The maximum atomic E-state index is 12.9. The van der Waals surface area contributed by atoms with E-state index in [4.69, 9.17) is 0 Å². The fourth-order valence-electron chi connectivity index (χ4n) is 0.960. The van der Waals surface area contributed by atoms with Crippen molar-refractivity contribution >= 4 is 17.9 Å². The summed E-state index contributed by atoms with van der Waals surface area (Å²) in [6.45, 7) is 1.24. The van der Waals surface area contributed by atoms with Crippen LogP contribution in [0.5, 0.6) is 5.75 Å². The molecule has 0 aliphatic rings. The smallest absolute Gasteiger partial charge is 0.221 e. The molecule has 0 atom stereocenters. The molecular weight excluding hydrogens is 189 g/mol. The summed E-state index contributed by atoms with van der Waals surface area (Å²) in [7, 11) is 0. The first-order valence-corrected chi connectivity index (χ1v) is 3.80. The van der Waals surface area contributed by atoms with Crippen molar-refractivity contribution in [3.05, 3.63) is 23.5 Å². The zero-order valence-electron chi connectivity index (χ0n) is 7.37. The maximum Gasteiger partial charge on any atom is 0.221 e. The van der Waals surface area contributed by atoms with Crippen molar-refractivity contribution in [1.29, 1.82) is 0 Å². The van der Waals surface area contributed by atoms with Crippen molar-refractivity contribution < 1.29 is 19.1 Å². The van der Waals surface area contributed by atoms with E-state index in [2.05, 4.69) is 5.32 Å². The fraction of sp³-hybridized carbons (Fsp3) is 0.111. The molecule has 5 heteroatoms. The third kappa shape index (κ3) is 2.07. The van der Waals surface area contributed by atoms with Crippen molar-refractivity contribution in [2.24, 2.45) is 0 Å². The first kappa shape index (κ1) is 10.2. The van der Waals surface area contributed by atoms with E-state index < -0.39 is 17.5 Å². The SMILES string of the molecule is CC(=O)Nc1cc(C=O)c(F)cc1O. The van der Waals surface area contributed by atoms with Gasteiger partial charge in [0, 0.05) is 13.0 Å². The lowest BCUT2D eigenvalue weighted by atomic mass is 10.2. The van der Waals surface area contributed by atoms with Crippen LogP contribution in [0, 0.1) is 5.82 Å². The molecule has 1 aromatic rings. The highest BCUT2D eigenvalue weighted by atomic mass is 19.1. The van der Waals surface area contributed by atoms with E-state index in [0.29, 0.717) is 6.29 Å². The van der Waals surface area contributed by atoms with Crippen LogP contribution in [-0.2, 0) is 4.79 Å². The van der Waals surface area contributed by atoms with Crippen LogP contribution in [0.25, 0.3) is 0 Å². The number of aldehydes is 1. The van der Waals surface area contributed by atoms with Crippen LogP contribution in [0.2, 0.25) is 0 Å². The van der Waals surface area contributed by atoms with Gasteiger partial charge in [-0.15, -0.1) is 0 Å². The molecule has 1 aromatic carbocycles. The number of benzene rings is 1. The van der Waals surface area contributed by atoms with Crippen LogP contribution in [-0.4, -0.2) is 17.3 Å². The second kappa shape index (κ2) is 3.87. The minimum absolute atomic E-state index is 0.0148. The number of hydrogen-bond acceptors (Lipinski definition) is 3. The number of rotatable bonds is 2. The molecule has 0 bridgehead atoms. The van der Waals surface area contributed by atoms with Crippen molar-refractivity contribution in [3.63, 3.8) is 0 Å². The van der Waals surface area contributed by atoms with Crippen molar-refractivity contribution in [3.8, 4) is 5.75 Å². The van der Waals surface area contributed by atoms with E-state index in [-0.39, 0.29) is 11.3 Å². The summed E-state index contributed by atoms with van der Waals surface area (Å²) in [5, 5.41) is 11.5. The summed E-state index contributed by atoms with van der Waals surface area (Å²) < 4.78 is 12.9. The monoisotopic (exact) mass is 197 g/mol. The predicted molar refractivity (Wildman–Crippen MR) is 47.8 cm³/mol. The molecule has 4 nitrogen and oxygen atoms in total. The number of aromatic hydroxyl groups is 1. The molecule has 1 amide bonds. The Morgan fingerprint density at radius 2 is 2.21 bits per heavy atom. The summed E-state index contributed by atoms with van der Waals surface area (Å²) in [5.41, 5.74) is -0.201. The first-order chi connectivity index (χ1) is 6.54. The molecule has 0 aromatic heterocycles. The summed E-state index contributed by atoms with van der Waals surface area (Å²) in [4.78, 5) is 21.0. The van der Waals surface area contributed by atoms with E-state index in [1.165, 1.54) is 6.92 Å².